The molecule has 0 unspecified atom stereocenters. The number of esters is 1. The Morgan fingerprint density at radius 1 is 1.11 bits per heavy atom. The number of urea groups is 1. The van der Waals surface area contributed by atoms with E-state index in [0.717, 1.165) is 6.42 Å². The molecule has 2 amide bonds. The summed E-state index contributed by atoms with van der Waals surface area (Å²) < 4.78 is 5.34. The molecule has 1 N–H and O–H groups in total. The van der Waals surface area contributed by atoms with Crippen LogP contribution in [0.2, 0.25) is 0 Å². The number of nitrogens with zero attached hydrogens (tertiary/aromatic N) is 1. The van der Waals surface area contributed by atoms with Gasteiger partial charge in [0.05, 0.1) is 0 Å². The van der Waals surface area contributed by atoms with E-state index in [4.69, 9.17) is 4.74 Å². The third kappa shape index (κ3) is 10.9. The number of ether oxygens (including phenoxy) is 1. The lowest BCUT2D eigenvalue weighted by atomic mass is 9.96. The second-order valence-corrected chi connectivity index (χ2v) is 9.95. The van der Waals surface area contributed by atoms with Crippen LogP contribution in [0.25, 0.3) is 0 Å². The van der Waals surface area contributed by atoms with Gasteiger partial charge in [0.15, 0.2) is 5.12 Å². The van der Waals surface area contributed by atoms with E-state index in [-0.39, 0.29) is 11.1 Å². The maximum Gasteiger partial charge on any atom is 0.328 e. The fraction of sp³-hybridized carbons (Fsp3) is 0.857. The van der Waals surface area contributed by atoms with Crippen molar-refractivity contribution >= 4 is 28.9 Å². The fourth-order valence-corrected chi connectivity index (χ4v) is 3.93. The van der Waals surface area contributed by atoms with Gasteiger partial charge in [0, 0.05) is 25.8 Å². The van der Waals surface area contributed by atoms with Gasteiger partial charge in [-0.3, -0.25) is 4.79 Å². The van der Waals surface area contributed by atoms with Gasteiger partial charge >= 0.3 is 12.0 Å². The van der Waals surface area contributed by atoms with E-state index in [1.165, 1.54) is 57.2 Å². The molecule has 7 heteroatoms. The number of thioether (sulfide) groups is 1. The Kier molecular flexibility index (Phi) is 10.9. The minimum atomic E-state index is -0.715. The molecule has 0 radical (unpaired) electrons. The predicted molar refractivity (Wildman–Crippen MR) is 114 cm³/mol. The number of amides is 2. The van der Waals surface area contributed by atoms with Crippen molar-refractivity contribution in [3.63, 3.8) is 0 Å². The highest BCUT2D eigenvalue weighted by molar-refractivity contribution is 8.13. The van der Waals surface area contributed by atoms with Crippen molar-refractivity contribution in [1.82, 2.24) is 10.2 Å². The predicted octanol–water partition coefficient (Wildman–Crippen LogP) is 4.37. The quantitative estimate of drug-likeness (QED) is 0.471. The molecule has 1 atom stereocenters. The molecule has 162 valence electrons. The highest BCUT2D eigenvalue weighted by Crippen LogP contribution is 2.25. The molecular formula is C21H38N2O4S. The molecule has 1 rings (SSSR count). The minimum Gasteiger partial charge on any atom is -0.458 e. The Balaban J connectivity index is 2.61. The SMILES string of the molecule is CC(=O)SCCN(CCC1CCCCCC1)C(=O)N[C@@H](C)C(=O)OC(C)(C)C. The monoisotopic (exact) mass is 414 g/mol. The van der Waals surface area contributed by atoms with Crippen molar-refractivity contribution in [2.45, 2.75) is 91.2 Å². The number of rotatable bonds is 8. The van der Waals surface area contributed by atoms with E-state index in [0.29, 0.717) is 24.8 Å². The average molecular weight is 415 g/mol. The maximum atomic E-state index is 12.8. The van der Waals surface area contributed by atoms with Crippen LogP contribution in [0.4, 0.5) is 4.79 Å². The zero-order chi connectivity index (χ0) is 21.2. The first-order valence-electron chi connectivity index (χ1n) is 10.5. The molecule has 0 spiro atoms. The van der Waals surface area contributed by atoms with Crippen LogP contribution in [0.1, 0.15) is 79.6 Å². The lowest BCUT2D eigenvalue weighted by Gasteiger charge is -2.27. The molecule has 0 heterocycles. The Labute approximate surface area is 174 Å². The lowest BCUT2D eigenvalue weighted by molar-refractivity contribution is -0.156. The summed E-state index contributed by atoms with van der Waals surface area (Å²) in [5.74, 6) is 0.776. The van der Waals surface area contributed by atoms with Gasteiger partial charge in [-0.15, -0.1) is 0 Å². The van der Waals surface area contributed by atoms with Crippen molar-refractivity contribution < 1.29 is 19.1 Å². The highest BCUT2D eigenvalue weighted by Gasteiger charge is 2.25. The third-order valence-corrected chi connectivity index (χ3v) is 5.63. The van der Waals surface area contributed by atoms with Crippen molar-refractivity contribution in [1.29, 1.82) is 0 Å². The molecule has 0 aromatic carbocycles. The molecule has 1 aliphatic carbocycles. The summed E-state index contributed by atoms with van der Waals surface area (Å²) >= 11 is 1.22. The molecule has 28 heavy (non-hydrogen) atoms. The first kappa shape index (κ1) is 24.8. The Bertz CT molecular complexity index is 511. The minimum absolute atomic E-state index is 0.0475. The second-order valence-electron chi connectivity index (χ2n) is 8.68. The van der Waals surface area contributed by atoms with Crippen LogP contribution in [0.3, 0.4) is 0 Å². The molecule has 0 saturated heterocycles. The van der Waals surface area contributed by atoms with E-state index in [2.05, 4.69) is 5.32 Å². The number of carbonyl (C=O) groups excluding carboxylic acids is 3. The molecule has 0 aromatic heterocycles. The van der Waals surface area contributed by atoms with Gasteiger partial charge in [-0.05, 0) is 40.0 Å². The Hall–Kier alpha value is -1.24. The van der Waals surface area contributed by atoms with Gasteiger partial charge in [0.1, 0.15) is 11.6 Å². The third-order valence-electron chi connectivity index (χ3n) is 4.84. The van der Waals surface area contributed by atoms with Gasteiger partial charge in [-0.2, -0.15) is 0 Å². The van der Waals surface area contributed by atoms with Gasteiger partial charge in [0.2, 0.25) is 0 Å². The first-order valence-corrected chi connectivity index (χ1v) is 11.5. The van der Waals surface area contributed by atoms with Crippen molar-refractivity contribution in [2.24, 2.45) is 5.92 Å². The zero-order valence-corrected chi connectivity index (χ0v) is 19.0. The number of hydrogen-bond acceptors (Lipinski definition) is 5. The highest BCUT2D eigenvalue weighted by atomic mass is 32.2. The molecule has 0 bridgehead atoms. The Morgan fingerprint density at radius 3 is 2.25 bits per heavy atom. The van der Waals surface area contributed by atoms with Crippen molar-refractivity contribution in [3.8, 4) is 0 Å². The van der Waals surface area contributed by atoms with Crippen LogP contribution < -0.4 is 5.32 Å². The summed E-state index contributed by atoms with van der Waals surface area (Å²) in [5, 5.41) is 2.81. The summed E-state index contributed by atoms with van der Waals surface area (Å²) in [6.45, 7) is 9.72. The first-order chi connectivity index (χ1) is 13.1. The van der Waals surface area contributed by atoms with E-state index >= 15 is 0 Å². The standard InChI is InChI=1S/C21H38N2O4S/c1-16(19(25)27-21(3,4)5)22-20(26)23(14-15-28-17(2)24)13-12-18-10-8-6-7-9-11-18/h16,18H,6-15H2,1-5H3,(H,22,26)/t16-/m0/s1. The van der Waals surface area contributed by atoms with Crippen LogP contribution in [0, 0.1) is 5.92 Å². The topological polar surface area (TPSA) is 75.7 Å². The van der Waals surface area contributed by atoms with Gasteiger partial charge in [-0.1, -0.05) is 50.3 Å². The van der Waals surface area contributed by atoms with Gasteiger partial charge in [-0.25, -0.2) is 9.59 Å². The molecule has 1 aliphatic rings. The molecular weight excluding hydrogens is 376 g/mol. The van der Waals surface area contributed by atoms with Crippen LogP contribution in [0.15, 0.2) is 0 Å². The summed E-state index contributed by atoms with van der Waals surface area (Å²) in [5.41, 5.74) is -0.590. The van der Waals surface area contributed by atoms with E-state index in [1.54, 1.807) is 32.6 Å². The van der Waals surface area contributed by atoms with Gasteiger partial charge in [0.25, 0.3) is 0 Å². The smallest absolute Gasteiger partial charge is 0.328 e. The maximum absolute atomic E-state index is 12.8. The van der Waals surface area contributed by atoms with Crippen molar-refractivity contribution in [3.05, 3.63) is 0 Å². The molecule has 0 aromatic rings. The molecule has 1 fully saturated rings. The molecule has 6 nitrogen and oxygen atoms in total. The fourth-order valence-electron chi connectivity index (χ4n) is 3.33. The summed E-state index contributed by atoms with van der Waals surface area (Å²) in [6.07, 6.45) is 8.59. The summed E-state index contributed by atoms with van der Waals surface area (Å²) in [7, 11) is 0. The zero-order valence-electron chi connectivity index (χ0n) is 18.2. The lowest BCUT2D eigenvalue weighted by Crippen LogP contribution is -2.49. The average Bonchev–Trinajstić information content (AvgIpc) is 2.84. The van der Waals surface area contributed by atoms with E-state index in [9.17, 15) is 14.4 Å². The molecule has 0 aliphatic heterocycles. The second kappa shape index (κ2) is 12.3. The van der Waals surface area contributed by atoms with Crippen LogP contribution in [0.5, 0.6) is 0 Å². The normalized spacial score (nSPS) is 16.8. The number of nitrogens with one attached hydrogen (secondary N) is 1. The van der Waals surface area contributed by atoms with Crippen LogP contribution in [-0.4, -0.2) is 52.5 Å². The number of hydrogen-bond donors (Lipinski definition) is 1. The molecule has 1 saturated carbocycles. The number of carbonyl (C=O) groups is 3. The largest absolute Gasteiger partial charge is 0.458 e. The Morgan fingerprint density at radius 2 is 1.71 bits per heavy atom. The van der Waals surface area contributed by atoms with E-state index in [1.807, 2.05) is 0 Å². The summed E-state index contributed by atoms with van der Waals surface area (Å²) in [4.78, 5) is 37.9. The van der Waals surface area contributed by atoms with Crippen molar-refractivity contribution in [2.75, 3.05) is 18.8 Å². The van der Waals surface area contributed by atoms with E-state index < -0.39 is 17.6 Å². The van der Waals surface area contributed by atoms with Crippen LogP contribution >= 0.6 is 11.8 Å². The summed E-state index contributed by atoms with van der Waals surface area (Å²) in [6, 6.07) is -0.983. The van der Waals surface area contributed by atoms with Crippen LogP contribution in [-0.2, 0) is 14.3 Å². The van der Waals surface area contributed by atoms with Gasteiger partial charge < -0.3 is 15.0 Å².